The minimum Gasteiger partial charge on any atom is -0.857 e. The maximum atomic E-state index is 13.2. The molecule has 68 heavy (non-hydrogen) atoms. The zero-order valence-electron chi connectivity index (χ0n) is 37.0. The molecule has 6 heterocycles. The Morgan fingerprint density at radius 1 is 0.574 bits per heavy atom. The number of nitrogen functional groups attached to an aromatic ring is 2. The molecule has 17 heteroatoms. The molecule has 6 aromatic carbocycles. The zero-order chi connectivity index (χ0) is 45.3. The minimum atomic E-state index is -0.512. The van der Waals surface area contributed by atoms with Crippen LogP contribution in [0.1, 0.15) is 0 Å². The number of nitrogens with zero attached hydrogens (tertiary/aromatic N) is 8. The molecule has 0 aliphatic heterocycles. The molecule has 0 saturated carbocycles. The van der Waals surface area contributed by atoms with Crippen LogP contribution in [-0.2, 0) is 20.4 Å². The Balaban J connectivity index is 0.000000170. The number of nitro benzene ring substituents is 1. The summed E-state index contributed by atoms with van der Waals surface area (Å²) in [4.78, 5) is 34.2. The van der Waals surface area contributed by atoms with Crippen LogP contribution in [0, 0.1) is 23.4 Å². The van der Waals surface area contributed by atoms with E-state index in [1.807, 2.05) is 121 Å². The summed E-state index contributed by atoms with van der Waals surface area (Å²) in [6, 6.07) is 40.6. The van der Waals surface area contributed by atoms with Crippen LogP contribution < -0.4 is 68.0 Å². The van der Waals surface area contributed by atoms with Gasteiger partial charge in [-0.15, -0.1) is 0 Å². The number of hydrogen-bond donors (Lipinski definition) is 3. The van der Waals surface area contributed by atoms with E-state index in [0.29, 0.717) is 5.39 Å². The fourth-order valence-corrected chi connectivity index (χ4v) is 7.43. The van der Waals surface area contributed by atoms with Gasteiger partial charge in [-0.25, -0.2) is 14.4 Å². The number of nitro groups is 1. The summed E-state index contributed by atoms with van der Waals surface area (Å²) in [7, 11) is 0.750. The second kappa shape index (κ2) is 24.3. The number of aromatic nitrogens is 8. The quantitative estimate of drug-likeness (QED) is 0.0534. The van der Waals surface area contributed by atoms with Crippen LogP contribution in [0.5, 0.6) is 0 Å². The van der Waals surface area contributed by atoms with E-state index in [9.17, 15) is 14.5 Å². The van der Waals surface area contributed by atoms with Crippen LogP contribution in [0.2, 0.25) is 0 Å². The van der Waals surface area contributed by atoms with Crippen LogP contribution in [-0.4, -0.2) is 51.1 Å². The van der Waals surface area contributed by atoms with Gasteiger partial charge in [0.05, 0.1) is 50.6 Å². The van der Waals surface area contributed by atoms with Crippen molar-refractivity contribution in [1.82, 2.24) is 39.0 Å². The predicted octanol–water partition coefficient (Wildman–Crippen LogP) is 7.19. The Morgan fingerprint density at radius 2 is 1.09 bits per heavy atom. The van der Waals surface area contributed by atoms with Gasteiger partial charge in [-0.05, 0) is 60.7 Å². The van der Waals surface area contributed by atoms with E-state index in [4.69, 9.17) is 16.6 Å². The molecule has 14 nitrogen and oxygen atoms in total. The number of non-ortho nitro benzene ring substituents is 1. The summed E-state index contributed by atoms with van der Waals surface area (Å²) in [6.07, 6.45) is 16.3. The Morgan fingerprint density at radius 3 is 1.71 bits per heavy atom. The smallest absolute Gasteiger partial charge is 0.857 e. The summed E-state index contributed by atoms with van der Waals surface area (Å²) in [6.45, 7) is 0. The van der Waals surface area contributed by atoms with Crippen molar-refractivity contribution in [1.29, 1.82) is 0 Å². The molecule has 0 fully saturated rings. The Hall–Kier alpha value is -6.78. The standard InChI is InChI=1S/2C16H12N4.C10H6FNO2.C7H6N2.CH3O.CH3.K.Pd/c17-13-5-6-15(12-4-2-1-3-11(12)13)20-10-19-14-9-18-8-7-16(14)20;17-13-5-6-15(12-4-2-1-3-11(12)13)20-10-19-14-7-8-18-9-16(14)20;11-9-5-6-10(12(13)14)8-4-2-1-3-7(8)9;1-4-9-7-2-3-8-5-6(1)7;1-2;;;/h2*1-10H,17H2;1-6H;1-5,9H;1H3;1H3;;/q;;;;2*-1;+1;. The summed E-state index contributed by atoms with van der Waals surface area (Å²) < 4.78 is 17.3. The number of benzene rings is 6. The van der Waals surface area contributed by atoms with Gasteiger partial charge in [0.1, 0.15) is 24.0 Å². The van der Waals surface area contributed by atoms with Gasteiger partial charge in [0, 0.05) is 107 Å². The molecule has 0 amide bonds. The molecule has 5 N–H and O–H groups in total. The SMILES string of the molecule is C[O-].Nc1ccc(-n2cnc3ccncc32)c2ccccc12.Nc1ccc(-n2cnc3cnccc32)c2ccccc12.O=[N+]([O-])c1ccc(F)c2ccccc12.[CH3-].[K+].[Pd].c1cc2[nH]ccc2cn1. The molecule has 338 valence electrons. The molecule has 0 saturated heterocycles. The maximum absolute atomic E-state index is 13.2. The first-order chi connectivity index (χ1) is 31.9. The van der Waals surface area contributed by atoms with Crippen molar-refractivity contribution in [2.24, 2.45) is 0 Å². The largest absolute Gasteiger partial charge is 1.00 e. The maximum Gasteiger partial charge on any atom is 1.00 e. The first-order valence-corrected chi connectivity index (χ1v) is 20.0. The number of anilines is 2. The molecule has 12 aromatic rings. The average Bonchev–Trinajstić information content (AvgIpc) is 4.13. The third-order valence-electron chi connectivity index (χ3n) is 10.5. The molecule has 0 unspecified atom stereocenters. The fraction of sp³-hybridized carbons (Fsp3) is 0.0196. The molecule has 0 atom stereocenters. The fourth-order valence-electron chi connectivity index (χ4n) is 7.43. The van der Waals surface area contributed by atoms with Gasteiger partial charge >= 0.3 is 51.4 Å². The molecular formula is C51H42FKN11O3Pd-. The van der Waals surface area contributed by atoms with E-state index in [1.54, 1.807) is 36.9 Å². The number of nitrogens with one attached hydrogen (secondary N) is 1. The molecule has 0 bridgehead atoms. The van der Waals surface area contributed by atoms with E-state index in [1.165, 1.54) is 18.2 Å². The second-order valence-corrected chi connectivity index (χ2v) is 14.2. The normalized spacial score (nSPS) is 10.2. The number of imidazole rings is 2. The number of H-pyrrole nitrogens is 1. The number of nitrogens with two attached hydrogens (primary N) is 2. The Kier molecular flexibility index (Phi) is 18.7. The van der Waals surface area contributed by atoms with Gasteiger partial charge in [0.15, 0.2) is 0 Å². The van der Waals surface area contributed by atoms with Gasteiger partial charge in [0.2, 0.25) is 0 Å². The number of fused-ring (bicyclic) bond motifs is 6. The van der Waals surface area contributed by atoms with Gasteiger partial charge in [-0.1, -0.05) is 66.7 Å². The minimum absolute atomic E-state index is 0. The molecular weight excluding hydrogens is 979 g/mol. The number of aromatic amines is 1. The molecule has 0 aliphatic carbocycles. The van der Waals surface area contributed by atoms with Crippen molar-refractivity contribution in [2.75, 3.05) is 18.6 Å². The number of halogens is 1. The Bertz CT molecular complexity index is 3420. The first kappa shape index (κ1) is 52.2. The third kappa shape index (κ3) is 11.1. The van der Waals surface area contributed by atoms with E-state index >= 15 is 0 Å². The van der Waals surface area contributed by atoms with Gasteiger partial charge in [0.25, 0.3) is 5.69 Å². The molecule has 6 aromatic heterocycles. The molecule has 0 spiro atoms. The van der Waals surface area contributed by atoms with Gasteiger partial charge in [-0.3, -0.25) is 34.2 Å². The van der Waals surface area contributed by atoms with Crippen molar-refractivity contribution in [3.05, 3.63) is 213 Å². The van der Waals surface area contributed by atoms with Crippen LogP contribution in [0.4, 0.5) is 21.5 Å². The number of hydrogen-bond acceptors (Lipinski definition) is 10. The van der Waals surface area contributed by atoms with Crippen molar-refractivity contribution >= 4 is 82.3 Å². The topological polar surface area (TPSA) is 208 Å². The summed E-state index contributed by atoms with van der Waals surface area (Å²) in [5, 5.41) is 25.0. The number of rotatable bonds is 3. The van der Waals surface area contributed by atoms with Crippen LogP contribution in [0.15, 0.2) is 189 Å². The van der Waals surface area contributed by atoms with E-state index < -0.39 is 10.7 Å². The molecule has 0 radical (unpaired) electrons. The molecule has 12 rings (SSSR count). The summed E-state index contributed by atoms with van der Waals surface area (Å²) >= 11 is 0. The van der Waals surface area contributed by atoms with Crippen LogP contribution in [0.3, 0.4) is 0 Å². The van der Waals surface area contributed by atoms with E-state index in [2.05, 4.69) is 46.6 Å². The van der Waals surface area contributed by atoms with Crippen molar-refractivity contribution in [3.63, 3.8) is 0 Å². The van der Waals surface area contributed by atoms with Gasteiger partial charge in [-0.2, -0.15) is 7.11 Å². The Labute approximate surface area is 446 Å². The van der Waals surface area contributed by atoms with Crippen molar-refractivity contribution in [3.8, 4) is 11.4 Å². The third-order valence-corrected chi connectivity index (χ3v) is 10.5. The van der Waals surface area contributed by atoms with Crippen molar-refractivity contribution < 1.29 is 86.2 Å². The summed E-state index contributed by atoms with van der Waals surface area (Å²) in [5.74, 6) is -0.439. The van der Waals surface area contributed by atoms with Crippen molar-refractivity contribution in [2.45, 2.75) is 0 Å². The first-order valence-electron chi connectivity index (χ1n) is 20.0. The van der Waals surface area contributed by atoms with E-state index in [0.717, 1.165) is 90.4 Å². The van der Waals surface area contributed by atoms with Crippen LogP contribution in [0.25, 0.3) is 76.7 Å². The monoisotopic (exact) mass is 1020 g/mol. The number of pyridine rings is 3. The second-order valence-electron chi connectivity index (χ2n) is 14.2. The zero-order valence-corrected chi connectivity index (χ0v) is 41.7. The predicted molar refractivity (Wildman–Crippen MR) is 261 cm³/mol. The van der Waals surface area contributed by atoms with E-state index in [-0.39, 0.29) is 90.3 Å². The van der Waals surface area contributed by atoms with Gasteiger partial charge < -0.3 is 29.0 Å². The summed E-state index contributed by atoms with van der Waals surface area (Å²) in [5.41, 5.74) is 20.7. The van der Waals surface area contributed by atoms with Crippen LogP contribution >= 0.6 is 0 Å². The average molecular weight is 1020 g/mol. The molecule has 0 aliphatic rings.